The molecule has 1 aromatic carbocycles. The molecule has 2 aromatic rings. The number of benzene rings is 1. The van der Waals surface area contributed by atoms with Gasteiger partial charge in [-0.1, -0.05) is 74.2 Å². The van der Waals surface area contributed by atoms with Crippen LogP contribution in [0.1, 0.15) is 70.5 Å². The standard InChI is InChI=1S/C18H27BrN2/c1-2-3-4-5-6-7-8-9-10-11-18-20-16-13-12-15(19)14-17(16)21-18/h12-14H,2-11H2,1H3,(H,20,21). The van der Waals surface area contributed by atoms with E-state index >= 15 is 0 Å². The average molecular weight is 351 g/mol. The number of H-pyrrole nitrogens is 1. The number of nitrogens with one attached hydrogen (secondary N) is 1. The third-order valence-corrected chi connectivity index (χ3v) is 4.50. The van der Waals surface area contributed by atoms with E-state index in [4.69, 9.17) is 0 Å². The maximum Gasteiger partial charge on any atom is 0.107 e. The number of unbranched alkanes of at least 4 members (excludes halogenated alkanes) is 8. The molecule has 0 unspecified atom stereocenters. The van der Waals surface area contributed by atoms with Crippen LogP contribution in [0.3, 0.4) is 0 Å². The molecular weight excluding hydrogens is 324 g/mol. The lowest BCUT2D eigenvalue weighted by Crippen LogP contribution is -1.88. The van der Waals surface area contributed by atoms with Gasteiger partial charge in [-0.05, 0) is 24.6 Å². The highest BCUT2D eigenvalue weighted by molar-refractivity contribution is 9.10. The van der Waals surface area contributed by atoms with Crippen LogP contribution in [-0.4, -0.2) is 9.97 Å². The monoisotopic (exact) mass is 350 g/mol. The van der Waals surface area contributed by atoms with E-state index in [9.17, 15) is 0 Å². The molecule has 1 aromatic heterocycles. The number of nitrogens with zero attached hydrogens (tertiary/aromatic N) is 1. The molecule has 1 heterocycles. The van der Waals surface area contributed by atoms with E-state index in [1.54, 1.807) is 0 Å². The number of aromatic nitrogens is 2. The van der Waals surface area contributed by atoms with Gasteiger partial charge in [-0.3, -0.25) is 0 Å². The predicted molar refractivity (Wildman–Crippen MR) is 94.7 cm³/mol. The Hall–Kier alpha value is -0.830. The van der Waals surface area contributed by atoms with Gasteiger partial charge in [-0.25, -0.2) is 4.98 Å². The summed E-state index contributed by atoms with van der Waals surface area (Å²) in [6.45, 7) is 2.27. The molecule has 0 saturated heterocycles. The Morgan fingerprint density at radius 1 is 0.952 bits per heavy atom. The first-order valence-corrected chi connectivity index (χ1v) is 9.23. The Morgan fingerprint density at radius 2 is 1.62 bits per heavy atom. The topological polar surface area (TPSA) is 28.7 Å². The van der Waals surface area contributed by atoms with Crippen molar-refractivity contribution in [1.82, 2.24) is 9.97 Å². The summed E-state index contributed by atoms with van der Waals surface area (Å²) < 4.78 is 1.10. The number of aryl methyl sites for hydroxylation is 1. The van der Waals surface area contributed by atoms with Gasteiger partial charge in [0, 0.05) is 10.9 Å². The smallest absolute Gasteiger partial charge is 0.107 e. The molecule has 2 rings (SSSR count). The lowest BCUT2D eigenvalue weighted by Gasteiger charge is -2.01. The van der Waals surface area contributed by atoms with Crippen molar-refractivity contribution in [3.8, 4) is 0 Å². The van der Waals surface area contributed by atoms with Crippen LogP contribution in [0.2, 0.25) is 0 Å². The molecule has 0 aliphatic carbocycles. The third kappa shape index (κ3) is 5.82. The number of halogens is 1. The van der Waals surface area contributed by atoms with Crippen molar-refractivity contribution in [2.75, 3.05) is 0 Å². The Bertz CT molecular complexity index is 533. The first-order valence-electron chi connectivity index (χ1n) is 8.43. The highest BCUT2D eigenvalue weighted by Crippen LogP contribution is 2.18. The minimum atomic E-state index is 1.07. The zero-order valence-corrected chi connectivity index (χ0v) is 14.7. The summed E-state index contributed by atoms with van der Waals surface area (Å²) in [5, 5.41) is 0. The summed E-state index contributed by atoms with van der Waals surface area (Å²) in [4.78, 5) is 8.07. The van der Waals surface area contributed by atoms with Crippen molar-refractivity contribution in [1.29, 1.82) is 0 Å². The maximum atomic E-state index is 4.65. The van der Waals surface area contributed by atoms with Crippen LogP contribution in [0, 0.1) is 0 Å². The quantitative estimate of drug-likeness (QED) is 0.493. The Labute approximate surface area is 136 Å². The highest BCUT2D eigenvalue weighted by atomic mass is 79.9. The molecule has 0 saturated carbocycles. The van der Waals surface area contributed by atoms with Crippen molar-refractivity contribution >= 4 is 27.0 Å². The molecule has 0 aliphatic rings. The number of fused-ring (bicyclic) bond motifs is 1. The summed E-state index contributed by atoms with van der Waals surface area (Å²) >= 11 is 3.50. The van der Waals surface area contributed by atoms with Gasteiger partial charge in [-0.2, -0.15) is 0 Å². The minimum Gasteiger partial charge on any atom is -0.342 e. The van der Waals surface area contributed by atoms with Crippen LogP contribution >= 0.6 is 15.9 Å². The number of aromatic amines is 1. The largest absolute Gasteiger partial charge is 0.342 e. The molecule has 3 heteroatoms. The zero-order valence-electron chi connectivity index (χ0n) is 13.1. The van der Waals surface area contributed by atoms with E-state index in [1.807, 2.05) is 6.07 Å². The lowest BCUT2D eigenvalue weighted by atomic mass is 10.1. The van der Waals surface area contributed by atoms with Crippen LogP contribution in [-0.2, 0) is 6.42 Å². The SMILES string of the molecule is CCCCCCCCCCCc1nc2ccc(Br)cc2[nH]1. The summed E-state index contributed by atoms with van der Waals surface area (Å²) in [6.07, 6.45) is 13.4. The van der Waals surface area contributed by atoms with E-state index in [2.05, 4.69) is 45.0 Å². The summed E-state index contributed by atoms with van der Waals surface area (Å²) in [7, 11) is 0. The average Bonchev–Trinajstić information content (AvgIpc) is 2.87. The Morgan fingerprint density at radius 3 is 2.33 bits per heavy atom. The first kappa shape index (κ1) is 16.5. The second-order valence-electron chi connectivity index (χ2n) is 5.92. The third-order valence-electron chi connectivity index (χ3n) is 4.01. The van der Waals surface area contributed by atoms with Gasteiger partial charge in [-0.15, -0.1) is 0 Å². The van der Waals surface area contributed by atoms with Gasteiger partial charge < -0.3 is 4.98 Å². The molecule has 0 bridgehead atoms. The first-order chi connectivity index (χ1) is 10.3. The van der Waals surface area contributed by atoms with Gasteiger partial charge in [0.25, 0.3) is 0 Å². The molecule has 0 atom stereocenters. The highest BCUT2D eigenvalue weighted by Gasteiger charge is 2.03. The normalized spacial score (nSPS) is 11.3. The van der Waals surface area contributed by atoms with Gasteiger partial charge in [0.15, 0.2) is 0 Å². The fourth-order valence-corrected chi connectivity index (χ4v) is 3.12. The number of hydrogen-bond donors (Lipinski definition) is 1. The van der Waals surface area contributed by atoms with Gasteiger partial charge in [0.05, 0.1) is 11.0 Å². The van der Waals surface area contributed by atoms with Crippen molar-refractivity contribution in [2.45, 2.75) is 71.1 Å². The fourth-order valence-electron chi connectivity index (χ4n) is 2.76. The Balaban J connectivity index is 1.59. The molecule has 116 valence electrons. The molecule has 0 fully saturated rings. The van der Waals surface area contributed by atoms with Gasteiger partial charge in [0.1, 0.15) is 5.82 Å². The van der Waals surface area contributed by atoms with Crippen molar-refractivity contribution in [2.24, 2.45) is 0 Å². The van der Waals surface area contributed by atoms with E-state index in [1.165, 1.54) is 57.8 Å². The van der Waals surface area contributed by atoms with Gasteiger partial charge >= 0.3 is 0 Å². The van der Waals surface area contributed by atoms with Crippen LogP contribution < -0.4 is 0 Å². The molecular formula is C18H27BrN2. The number of rotatable bonds is 10. The Kier molecular flexibility index (Phi) is 7.28. The second kappa shape index (κ2) is 9.24. The van der Waals surface area contributed by atoms with E-state index in [-0.39, 0.29) is 0 Å². The molecule has 2 nitrogen and oxygen atoms in total. The molecule has 0 radical (unpaired) electrons. The van der Waals surface area contributed by atoms with Crippen molar-refractivity contribution in [3.05, 3.63) is 28.5 Å². The van der Waals surface area contributed by atoms with E-state index in [0.717, 1.165) is 27.8 Å². The molecule has 1 N–H and O–H groups in total. The maximum absolute atomic E-state index is 4.65. The molecule has 0 spiro atoms. The summed E-state index contributed by atoms with van der Waals surface area (Å²) in [5.41, 5.74) is 2.21. The number of hydrogen-bond acceptors (Lipinski definition) is 1. The van der Waals surface area contributed by atoms with Crippen LogP contribution in [0.25, 0.3) is 11.0 Å². The van der Waals surface area contributed by atoms with Gasteiger partial charge in [0.2, 0.25) is 0 Å². The molecule has 0 aliphatic heterocycles. The minimum absolute atomic E-state index is 1.07. The fraction of sp³-hybridized carbons (Fsp3) is 0.611. The van der Waals surface area contributed by atoms with E-state index in [0.29, 0.717) is 0 Å². The molecule has 0 amide bonds. The number of imidazole rings is 1. The van der Waals surface area contributed by atoms with Crippen LogP contribution in [0.4, 0.5) is 0 Å². The van der Waals surface area contributed by atoms with Crippen molar-refractivity contribution in [3.63, 3.8) is 0 Å². The second-order valence-corrected chi connectivity index (χ2v) is 6.84. The molecule has 21 heavy (non-hydrogen) atoms. The van der Waals surface area contributed by atoms with Crippen molar-refractivity contribution < 1.29 is 0 Å². The summed E-state index contributed by atoms with van der Waals surface area (Å²) in [5.74, 6) is 1.13. The summed E-state index contributed by atoms with van der Waals surface area (Å²) in [6, 6.07) is 6.21. The predicted octanol–water partition coefficient (Wildman–Crippen LogP) is 6.40. The lowest BCUT2D eigenvalue weighted by molar-refractivity contribution is 0.562. The van der Waals surface area contributed by atoms with E-state index < -0.39 is 0 Å². The van der Waals surface area contributed by atoms with Crippen LogP contribution in [0.15, 0.2) is 22.7 Å². The van der Waals surface area contributed by atoms with Crippen LogP contribution in [0.5, 0.6) is 0 Å². The zero-order chi connectivity index (χ0) is 14.9.